The van der Waals surface area contributed by atoms with E-state index in [2.05, 4.69) is 17.9 Å². The highest BCUT2D eigenvalue weighted by molar-refractivity contribution is 5.07. The molecule has 0 unspecified atom stereocenters. The van der Waals surface area contributed by atoms with Crippen LogP contribution < -0.4 is 0 Å². The number of nitrogens with zero attached hydrogens (tertiary/aromatic N) is 1. The van der Waals surface area contributed by atoms with Gasteiger partial charge in [0.25, 0.3) is 0 Å². The van der Waals surface area contributed by atoms with Gasteiger partial charge in [-0.2, -0.15) is 0 Å². The Morgan fingerprint density at radius 2 is 2.25 bits per heavy atom. The Bertz CT molecular complexity index is 204. The summed E-state index contributed by atoms with van der Waals surface area (Å²) in [5.74, 6) is 0. The number of hydrogen-bond donors (Lipinski definition) is 1. The molecule has 0 aromatic heterocycles. The Kier molecular flexibility index (Phi) is 7.47. The van der Waals surface area contributed by atoms with Crippen LogP contribution in [0.5, 0.6) is 0 Å². The standard InChI is InChI=1S/C13H25NO2/c1-2-3-4-7-14(8-9-15)11-13-6-5-10-16-12-13/h6,15H,2-5,7-12H2,1H3. The average molecular weight is 227 g/mol. The highest BCUT2D eigenvalue weighted by Crippen LogP contribution is 2.08. The van der Waals surface area contributed by atoms with Crippen molar-refractivity contribution in [2.24, 2.45) is 0 Å². The molecule has 0 saturated carbocycles. The number of ether oxygens (including phenoxy) is 1. The summed E-state index contributed by atoms with van der Waals surface area (Å²) in [6.07, 6.45) is 7.08. The van der Waals surface area contributed by atoms with Gasteiger partial charge in [-0.3, -0.25) is 4.90 Å². The Balaban J connectivity index is 2.28. The van der Waals surface area contributed by atoms with Gasteiger partial charge in [-0.15, -0.1) is 0 Å². The molecule has 1 aliphatic heterocycles. The highest BCUT2D eigenvalue weighted by Gasteiger charge is 2.09. The highest BCUT2D eigenvalue weighted by atomic mass is 16.5. The Morgan fingerprint density at radius 1 is 1.38 bits per heavy atom. The lowest BCUT2D eigenvalue weighted by molar-refractivity contribution is 0.137. The summed E-state index contributed by atoms with van der Waals surface area (Å²) in [5, 5.41) is 9.03. The third kappa shape index (κ3) is 5.64. The molecule has 0 radical (unpaired) electrons. The molecule has 0 atom stereocenters. The molecular formula is C13H25NO2. The summed E-state index contributed by atoms with van der Waals surface area (Å²) in [4.78, 5) is 2.33. The van der Waals surface area contributed by atoms with Crippen LogP contribution in [0.1, 0.15) is 32.6 Å². The van der Waals surface area contributed by atoms with Crippen LogP contribution in [0.15, 0.2) is 11.6 Å². The van der Waals surface area contributed by atoms with Crippen molar-refractivity contribution in [3.05, 3.63) is 11.6 Å². The summed E-state index contributed by atoms with van der Waals surface area (Å²) in [6, 6.07) is 0. The zero-order valence-corrected chi connectivity index (χ0v) is 10.5. The molecule has 3 nitrogen and oxygen atoms in total. The van der Waals surface area contributed by atoms with Gasteiger partial charge in [0, 0.05) is 13.1 Å². The summed E-state index contributed by atoms with van der Waals surface area (Å²) >= 11 is 0. The molecule has 0 amide bonds. The molecule has 0 aliphatic carbocycles. The lowest BCUT2D eigenvalue weighted by atomic mass is 10.1. The molecule has 3 heteroatoms. The van der Waals surface area contributed by atoms with Crippen LogP contribution in [0.4, 0.5) is 0 Å². The van der Waals surface area contributed by atoms with Crippen LogP contribution in [0.3, 0.4) is 0 Å². The van der Waals surface area contributed by atoms with Crippen molar-refractivity contribution in [1.82, 2.24) is 4.90 Å². The predicted molar refractivity (Wildman–Crippen MR) is 66.6 cm³/mol. The van der Waals surface area contributed by atoms with E-state index in [1.165, 1.54) is 24.8 Å². The van der Waals surface area contributed by atoms with Gasteiger partial charge in [-0.25, -0.2) is 0 Å². The molecule has 0 fully saturated rings. The molecule has 1 heterocycles. The van der Waals surface area contributed by atoms with E-state index in [4.69, 9.17) is 9.84 Å². The maximum Gasteiger partial charge on any atom is 0.0689 e. The lowest BCUT2D eigenvalue weighted by Gasteiger charge is -2.24. The van der Waals surface area contributed by atoms with E-state index in [9.17, 15) is 0 Å². The lowest BCUT2D eigenvalue weighted by Crippen LogP contribution is -2.31. The van der Waals surface area contributed by atoms with E-state index in [-0.39, 0.29) is 6.61 Å². The quantitative estimate of drug-likeness (QED) is 0.507. The largest absolute Gasteiger partial charge is 0.395 e. The normalized spacial score (nSPS) is 16.6. The molecule has 1 N–H and O–H groups in total. The molecule has 0 spiro atoms. The van der Waals surface area contributed by atoms with Crippen LogP contribution in [-0.2, 0) is 4.74 Å². The van der Waals surface area contributed by atoms with Gasteiger partial charge in [0.05, 0.1) is 19.8 Å². The first-order valence-corrected chi connectivity index (χ1v) is 6.45. The van der Waals surface area contributed by atoms with Crippen molar-refractivity contribution in [2.45, 2.75) is 32.6 Å². The Hall–Kier alpha value is -0.380. The first-order chi connectivity index (χ1) is 7.86. The summed E-state index contributed by atoms with van der Waals surface area (Å²) < 4.78 is 5.43. The Morgan fingerprint density at radius 3 is 2.88 bits per heavy atom. The molecule has 0 bridgehead atoms. The van der Waals surface area contributed by atoms with E-state index < -0.39 is 0 Å². The summed E-state index contributed by atoms with van der Waals surface area (Å²) in [7, 11) is 0. The van der Waals surface area contributed by atoms with Crippen molar-refractivity contribution in [1.29, 1.82) is 0 Å². The van der Waals surface area contributed by atoms with Crippen molar-refractivity contribution in [3.63, 3.8) is 0 Å². The predicted octanol–water partition coefficient (Wildman–Crippen LogP) is 1.82. The second kappa shape index (κ2) is 8.74. The van der Waals surface area contributed by atoms with Crippen LogP contribution in [0, 0.1) is 0 Å². The summed E-state index contributed by atoms with van der Waals surface area (Å²) in [6.45, 7) is 6.93. The van der Waals surface area contributed by atoms with E-state index >= 15 is 0 Å². The second-order valence-electron chi connectivity index (χ2n) is 4.41. The zero-order chi connectivity index (χ0) is 11.6. The van der Waals surface area contributed by atoms with E-state index in [1.807, 2.05) is 0 Å². The first-order valence-electron chi connectivity index (χ1n) is 6.45. The topological polar surface area (TPSA) is 32.7 Å². The molecule has 0 saturated heterocycles. The minimum Gasteiger partial charge on any atom is -0.395 e. The minimum absolute atomic E-state index is 0.250. The van der Waals surface area contributed by atoms with Crippen molar-refractivity contribution in [3.8, 4) is 0 Å². The monoisotopic (exact) mass is 227 g/mol. The van der Waals surface area contributed by atoms with Crippen molar-refractivity contribution >= 4 is 0 Å². The fourth-order valence-corrected chi connectivity index (χ4v) is 2.00. The van der Waals surface area contributed by atoms with Crippen molar-refractivity contribution < 1.29 is 9.84 Å². The molecule has 16 heavy (non-hydrogen) atoms. The van der Waals surface area contributed by atoms with E-state index in [0.717, 1.165) is 39.3 Å². The Labute approximate surface area is 99.1 Å². The van der Waals surface area contributed by atoms with Crippen LogP contribution in [-0.4, -0.2) is 49.5 Å². The van der Waals surface area contributed by atoms with E-state index in [1.54, 1.807) is 0 Å². The number of unbranched alkanes of at least 4 members (excludes halogenated alkanes) is 2. The minimum atomic E-state index is 0.250. The van der Waals surface area contributed by atoms with Crippen LogP contribution in [0.25, 0.3) is 0 Å². The van der Waals surface area contributed by atoms with Gasteiger partial charge in [0.1, 0.15) is 0 Å². The molecule has 0 aromatic carbocycles. The first kappa shape index (κ1) is 13.7. The fourth-order valence-electron chi connectivity index (χ4n) is 2.00. The molecule has 94 valence electrons. The van der Waals surface area contributed by atoms with E-state index in [0.29, 0.717) is 0 Å². The molecular weight excluding hydrogens is 202 g/mol. The zero-order valence-electron chi connectivity index (χ0n) is 10.5. The number of hydrogen-bond acceptors (Lipinski definition) is 3. The van der Waals surface area contributed by atoms with Gasteiger partial charge in [-0.1, -0.05) is 25.8 Å². The van der Waals surface area contributed by atoms with Gasteiger partial charge in [-0.05, 0) is 25.0 Å². The van der Waals surface area contributed by atoms with Gasteiger partial charge in [0.15, 0.2) is 0 Å². The third-order valence-corrected chi connectivity index (χ3v) is 2.90. The summed E-state index contributed by atoms with van der Waals surface area (Å²) in [5.41, 5.74) is 1.37. The third-order valence-electron chi connectivity index (χ3n) is 2.90. The van der Waals surface area contributed by atoms with Crippen molar-refractivity contribution in [2.75, 3.05) is 39.5 Å². The molecule has 1 rings (SSSR count). The number of rotatable bonds is 8. The van der Waals surface area contributed by atoms with Gasteiger partial charge >= 0.3 is 0 Å². The number of aliphatic hydroxyl groups is 1. The smallest absolute Gasteiger partial charge is 0.0689 e. The maximum atomic E-state index is 9.03. The molecule has 0 aromatic rings. The SMILES string of the molecule is CCCCCN(CCO)CC1=CCCOC1. The van der Waals surface area contributed by atoms with Crippen LogP contribution in [0.2, 0.25) is 0 Å². The second-order valence-corrected chi connectivity index (χ2v) is 4.41. The number of aliphatic hydroxyl groups excluding tert-OH is 1. The molecule has 1 aliphatic rings. The van der Waals surface area contributed by atoms with Gasteiger partial charge in [0.2, 0.25) is 0 Å². The van der Waals surface area contributed by atoms with Crippen LogP contribution >= 0.6 is 0 Å². The fraction of sp³-hybridized carbons (Fsp3) is 0.846. The average Bonchev–Trinajstić information content (AvgIpc) is 2.31. The maximum absolute atomic E-state index is 9.03. The van der Waals surface area contributed by atoms with Gasteiger partial charge < -0.3 is 9.84 Å².